The summed E-state index contributed by atoms with van der Waals surface area (Å²) >= 11 is 3.52. The average Bonchev–Trinajstić information content (AvgIpc) is 2.58. The summed E-state index contributed by atoms with van der Waals surface area (Å²) < 4.78 is 5.77. The van der Waals surface area contributed by atoms with E-state index in [0.29, 0.717) is 9.79 Å². The zero-order valence-corrected chi connectivity index (χ0v) is 9.09. The lowest BCUT2D eigenvalue weighted by Crippen LogP contribution is -1.70. The van der Waals surface area contributed by atoms with Gasteiger partial charge in [0, 0.05) is 22.6 Å². The lowest BCUT2D eigenvalue weighted by atomic mass is 10.6. The Morgan fingerprint density at radius 1 is 1.50 bits per heavy atom. The van der Waals surface area contributed by atoms with E-state index in [1.807, 2.05) is 29.5 Å². The fourth-order valence-electron chi connectivity index (χ4n) is 0.765. The van der Waals surface area contributed by atoms with Gasteiger partial charge in [-0.3, -0.25) is 0 Å². The lowest BCUT2D eigenvalue weighted by Gasteiger charge is -1.81. The highest BCUT2D eigenvalue weighted by Crippen LogP contribution is 2.24. The van der Waals surface area contributed by atoms with Crippen LogP contribution in [0.2, 0.25) is 0 Å². The Balaban J connectivity index is 2.43. The van der Waals surface area contributed by atoms with Crippen LogP contribution in [0.4, 0.5) is 0 Å². The molecule has 12 heavy (non-hydrogen) atoms. The number of thiazole rings is 1. The number of hydrogen-bond donors (Lipinski definition) is 0. The molecule has 0 aromatic carbocycles. The number of hydrogen-bond acceptors (Lipinski definition) is 5. The van der Waals surface area contributed by atoms with E-state index in [1.54, 1.807) is 17.5 Å². The molecular formula is C6H4IN3OS. The molecule has 2 aromatic rings. The molecule has 0 N–H and O–H groups in total. The molecule has 0 saturated heterocycles. The number of rotatable bonds is 1. The second-order valence-electron chi connectivity index (χ2n) is 2.10. The zero-order valence-electron chi connectivity index (χ0n) is 6.11. The first-order valence-electron chi connectivity index (χ1n) is 3.17. The SMILES string of the molecule is Cc1ncc(-c2nnc(I)o2)s1. The third kappa shape index (κ3) is 1.48. The molecule has 4 nitrogen and oxygen atoms in total. The van der Waals surface area contributed by atoms with Crippen molar-refractivity contribution in [1.82, 2.24) is 15.2 Å². The van der Waals surface area contributed by atoms with Crippen molar-refractivity contribution in [3.05, 3.63) is 15.1 Å². The van der Waals surface area contributed by atoms with Crippen LogP contribution in [0.3, 0.4) is 0 Å². The summed E-state index contributed by atoms with van der Waals surface area (Å²) in [6.07, 6.45) is 1.74. The van der Waals surface area contributed by atoms with Crippen molar-refractivity contribution in [2.24, 2.45) is 0 Å². The van der Waals surface area contributed by atoms with Crippen LogP contribution in [0.25, 0.3) is 10.8 Å². The number of nitrogens with zero attached hydrogens (tertiary/aromatic N) is 3. The van der Waals surface area contributed by atoms with Gasteiger partial charge < -0.3 is 4.42 Å². The number of aryl methyl sites for hydroxylation is 1. The number of halogens is 1. The number of aromatic nitrogens is 3. The normalized spacial score (nSPS) is 10.5. The van der Waals surface area contributed by atoms with Gasteiger partial charge in [0.25, 0.3) is 9.79 Å². The van der Waals surface area contributed by atoms with E-state index in [1.165, 1.54) is 0 Å². The van der Waals surface area contributed by atoms with Gasteiger partial charge in [0.15, 0.2) is 0 Å². The molecule has 0 fully saturated rings. The largest absolute Gasteiger partial charge is 0.411 e. The van der Waals surface area contributed by atoms with Gasteiger partial charge in [-0.05, 0) is 6.92 Å². The van der Waals surface area contributed by atoms with Crippen LogP contribution in [0.1, 0.15) is 5.01 Å². The molecule has 0 saturated carbocycles. The summed E-state index contributed by atoms with van der Waals surface area (Å²) in [5, 5.41) is 8.60. The summed E-state index contributed by atoms with van der Waals surface area (Å²) in [6, 6.07) is 0. The highest BCUT2D eigenvalue weighted by atomic mass is 127. The van der Waals surface area contributed by atoms with E-state index < -0.39 is 0 Å². The van der Waals surface area contributed by atoms with Crippen molar-refractivity contribution in [3.8, 4) is 10.8 Å². The lowest BCUT2D eigenvalue weighted by molar-refractivity contribution is 0.538. The van der Waals surface area contributed by atoms with Crippen LogP contribution >= 0.6 is 33.9 Å². The molecule has 0 aliphatic rings. The highest BCUT2D eigenvalue weighted by Gasteiger charge is 2.08. The Morgan fingerprint density at radius 3 is 2.83 bits per heavy atom. The first-order valence-corrected chi connectivity index (χ1v) is 5.07. The maximum atomic E-state index is 5.22. The molecule has 0 bridgehead atoms. The maximum absolute atomic E-state index is 5.22. The van der Waals surface area contributed by atoms with Gasteiger partial charge in [-0.15, -0.1) is 21.5 Å². The van der Waals surface area contributed by atoms with E-state index in [-0.39, 0.29) is 0 Å². The topological polar surface area (TPSA) is 51.8 Å². The predicted octanol–water partition coefficient (Wildman–Crippen LogP) is 2.11. The Morgan fingerprint density at radius 2 is 2.33 bits per heavy atom. The van der Waals surface area contributed by atoms with Crippen LogP contribution in [-0.2, 0) is 0 Å². The first kappa shape index (κ1) is 8.11. The van der Waals surface area contributed by atoms with Gasteiger partial charge in [0.2, 0.25) is 0 Å². The minimum atomic E-state index is 0.546. The van der Waals surface area contributed by atoms with E-state index in [2.05, 4.69) is 15.2 Å². The molecule has 0 spiro atoms. The molecule has 0 atom stereocenters. The smallest absolute Gasteiger partial charge is 0.278 e. The van der Waals surface area contributed by atoms with Gasteiger partial charge in [-0.25, -0.2) is 4.98 Å². The molecule has 0 amide bonds. The molecule has 62 valence electrons. The third-order valence-electron chi connectivity index (χ3n) is 1.23. The van der Waals surface area contributed by atoms with Gasteiger partial charge in [0.1, 0.15) is 4.88 Å². The maximum Gasteiger partial charge on any atom is 0.278 e. The average molecular weight is 293 g/mol. The van der Waals surface area contributed by atoms with Gasteiger partial charge in [0.05, 0.1) is 11.2 Å². The Labute approximate surface area is 86.2 Å². The zero-order chi connectivity index (χ0) is 8.55. The van der Waals surface area contributed by atoms with Crippen molar-refractivity contribution in [3.63, 3.8) is 0 Å². The van der Waals surface area contributed by atoms with E-state index in [9.17, 15) is 0 Å². The first-order chi connectivity index (χ1) is 5.75. The molecule has 2 aromatic heterocycles. The second-order valence-corrected chi connectivity index (χ2v) is 4.26. The molecule has 0 aliphatic carbocycles. The summed E-state index contributed by atoms with van der Waals surface area (Å²) in [4.78, 5) is 5.01. The highest BCUT2D eigenvalue weighted by molar-refractivity contribution is 14.1. The predicted molar refractivity (Wildman–Crippen MR) is 52.9 cm³/mol. The molecule has 0 aliphatic heterocycles. The van der Waals surface area contributed by atoms with Crippen molar-refractivity contribution in [2.45, 2.75) is 6.92 Å². The quantitative estimate of drug-likeness (QED) is 0.756. The summed E-state index contributed by atoms with van der Waals surface area (Å²) in [5.74, 6) is 0.546. The summed E-state index contributed by atoms with van der Waals surface area (Å²) in [7, 11) is 0. The van der Waals surface area contributed by atoms with Gasteiger partial charge in [-0.2, -0.15) is 0 Å². The van der Waals surface area contributed by atoms with E-state index in [4.69, 9.17) is 4.42 Å². The van der Waals surface area contributed by atoms with Crippen LogP contribution < -0.4 is 0 Å². The van der Waals surface area contributed by atoms with Gasteiger partial charge in [-0.1, -0.05) is 0 Å². The van der Waals surface area contributed by atoms with Gasteiger partial charge >= 0.3 is 0 Å². The van der Waals surface area contributed by atoms with Crippen LogP contribution in [0.15, 0.2) is 10.6 Å². The Bertz CT molecular complexity index is 359. The van der Waals surface area contributed by atoms with E-state index in [0.717, 1.165) is 9.88 Å². The Kier molecular flexibility index (Phi) is 2.09. The monoisotopic (exact) mass is 293 g/mol. The molecule has 6 heteroatoms. The molecule has 2 rings (SSSR count). The van der Waals surface area contributed by atoms with Crippen molar-refractivity contribution >= 4 is 33.9 Å². The standard InChI is InChI=1S/C6H4IN3OS/c1-3-8-2-4(12-3)5-9-10-6(7)11-5/h2H,1H3. The second kappa shape index (κ2) is 3.09. The molecule has 0 radical (unpaired) electrons. The fraction of sp³-hybridized carbons (Fsp3) is 0.167. The minimum Gasteiger partial charge on any atom is -0.411 e. The Hall–Kier alpha value is -0.500. The molecule has 2 heterocycles. The van der Waals surface area contributed by atoms with E-state index >= 15 is 0 Å². The minimum absolute atomic E-state index is 0.546. The van der Waals surface area contributed by atoms with Crippen LogP contribution in [0, 0.1) is 10.8 Å². The van der Waals surface area contributed by atoms with Crippen molar-refractivity contribution in [1.29, 1.82) is 0 Å². The summed E-state index contributed by atoms with van der Waals surface area (Å²) in [6.45, 7) is 1.94. The molecular weight excluding hydrogens is 289 g/mol. The fourth-order valence-corrected chi connectivity index (χ4v) is 1.78. The summed E-state index contributed by atoms with van der Waals surface area (Å²) in [5.41, 5.74) is 0. The van der Waals surface area contributed by atoms with Crippen LogP contribution in [-0.4, -0.2) is 15.2 Å². The third-order valence-corrected chi connectivity index (χ3v) is 2.57. The van der Waals surface area contributed by atoms with Crippen LogP contribution in [0.5, 0.6) is 0 Å². The molecule has 0 unspecified atom stereocenters. The van der Waals surface area contributed by atoms with Crippen molar-refractivity contribution in [2.75, 3.05) is 0 Å². The van der Waals surface area contributed by atoms with Crippen molar-refractivity contribution < 1.29 is 4.42 Å².